The molecule has 1 atom stereocenters. The number of ketones is 1. The monoisotopic (exact) mass is 375 g/mol. The lowest BCUT2D eigenvalue weighted by molar-refractivity contribution is -0.00320. The minimum Gasteiger partial charge on any atom is -0.377 e. The molecule has 0 aliphatic carbocycles. The van der Waals surface area contributed by atoms with E-state index in [1.54, 1.807) is 11.0 Å². The van der Waals surface area contributed by atoms with Gasteiger partial charge in [-0.25, -0.2) is 4.68 Å². The van der Waals surface area contributed by atoms with Crippen molar-refractivity contribution in [1.82, 2.24) is 14.7 Å². The van der Waals surface area contributed by atoms with Crippen molar-refractivity contribution in [3.05, 3.63) is 50.6 Å². The number of Topliss-reactive ketones (excluding diaryl/α,β-unsaturated/α-hetero) is 1. The molecule has 8 heteroatoms. The molecule has 0 radical (unpaired) electrons. The molecule has 1 fully saturated rings. The van der Waals surface area contributed by atoms with E-state index >= 15 is 0 Å². The molecular weight excluding hydrogens is 354 g/mol. The number of amides is 1. The normalized spacial score (nSPS) is 17.3. The molecule has 2 aromatic heterocycles. The fraction of sp³-hybridized carbons (Fsp3) is 0.444. The Morgan fingerprint density at radius 1 is 1.35 bits per heavy atom. The van der Waals surface area contributed by atoms with Crippen molar-refractivity contribution in [1.29, 1.82) is 0 Å². The molecule has 0 bridgehead atoms. The SMILES string of the molecule is CCCn1nc(C(=O)N2CCOCC2CC(=O)c2cccs2)ccc1=O. The molecule has 3 rings (SSSR count). The second-order valence-corrected chi connectivity index (χ2v) is 7.06. The van der Waals surface area contributed by atoms with Crippen LogP contribution in [0.3, 0.4) is 0 Å². The van der Waals surface area contributed by atoms with Gasteiger partial charge in [-0.05, 0) is 23.9 Å². The Morgan fingerprint density at radius 3 is 2.92 bits per heavy atom. The van der Waals surface area contributed by atoms with Crippen LogP contribution in [0.5, 0.6) is 0 Å². The summed E-state index contributed by atoms with van der Waals surface area (Å²) in [6, 6.07) is 6.09. The molecule has 1 unspecified atom stereocenters. The highest BCUT2D eigenvalue weighted by molar-refractivity contribution is 7.12. The maximum Gasteiger partial charge on any atom is 0.274 e. The second kappa shape index (κ2) is 8.37. The van der Waals surface area contributed by atoms with Crippen molar-refractivity contribution < 1.29 is 14.3 Å². The third-order valence-electron chi connectivity index (χ3n) is 4.23. The van der Waals surface area contributed by atoms with Gasteiger partial charge in [0.15, 0.2) is 5.78 Å². The highest BCUT2D eigenvalue weighted by Gasteiger charge is 2.31. The standard InChI is InChI=1S/C18H21N3O4S/c1-2-7-21-17(23)6-5-14(19-21)18(24)20-8-9-25-12-13(20)11-15(22)16-4-3-10-26-16/h3-6,10,13H,2,7-9,11-12H2,1H3. The van der Waals surface area contributed by atoms with Crippen LogP contribution >= 0.6 is 11.3 Å². The lowest BCUT2D eigenvalue weighted by Gasteiger charge is -2.35. The van der Waals surface area contributed by atoms with Crippen molar-refractivity contribution in [3.8, 4) is 0 Å². The van der Waals surface area contributed by atoms with Gasteiger partial charge in [0.2, 0.25) is 0 Å². The number of thiophene rings is 1. The van der Waals surface area contributed by atoms with E-state index in [-0.39, 0.29) is 35.4 Å². The topological polar surface area (TPSA) is 81.5 Å². The quantitative estimate of drug-likeness (QED) is 0.720. The molecule has 0 N–H and O–H groups in total. The van der Waals surface area contributed by atoms with Crippen LogP contribution in [0.1, 0.15) is 39.9 Å². The van der Waals surface area contributed by atoms with Gasteiger partial charge >= 0.3 is 0 Å². The Kier molecular flexibility index (Phi) is 5.95. The molecule has 138 valence electrons. The van der Waals surface area contributed by atoms with Gasteiger partial charge in [-0.15, -0.1) is 11.3 Å². The number of carbonyl (C=O) groups is 2. The predicted molar refractivity (Wildman–Crippen MR) is 97.7 cm³/mol. The van der Waals surface area contributed by atoms with E-state index in [2.05, 4.69) is 5.10 Å². The van der Waals surface area contributed by atoms with Crippen LogP contribution in [0, 0.1) is 0 Å². The van der Waals surface area contributed by atoms with Crippen LogP contribution in [0.15, 0.2) is 34.4 Å². The number of rotatable bonds is 6. The molecule has 0 aromatic carbocycles. The molecule has 1 aliphatic heterocycles. The first-order valence-electron chi connectivity index (χ1n) is 8.63. The summed E-state index contributed by atoms with van der Waals surface area (Å²) in [4.78, 5) is 39.5. The average molecular weight is 375 g/mol. The first kappa shape index (κ1) is 18.5. The van der Waals surface area contributed by atoms with Gasteiger partial charge in [-0.3, -0.25) is 14.4 Å². The van der Waals surface area contributed by atoms with Crippen LogP contribution < -0.4 is 5.56 Å². The summed E-state index contributed by atoms with van der Waals surface area (Å²) in [6.45, 7) is 3.54. The molecule has 0 spiro atoms. The number of hydrogen-bond donors (Lipinski definition) is 0. The fourth-order valence-electron chi connectivity index (χ4n) is 2.93. The molecule has 2 aromatic rings. The number of ether oxygens (including phenoxy) is 1. The van der Waals surface area contributed by atoms with Gasteiger partial charge in [-0.1, -0.05) is 13.0 Å². The molecular formula is C18H21N3O4S. The summed E-state index contributed by atoms with van der Waals surface area (Å²) >= 11 is 1.39. The van der Waals surface area contributed by atoms with Gasteiger partial charge in [0, 0.05) is 25.6 Å². The second-order valence-electron chi connectivity index (χ2n) is 6.11. The summed E-state index contributed by atoms with van der Waals surface area (Å²) < 4.78 is 6.78. The lowest BCUT2D eigenvalue weighted by atomic mass is 10.1. The summed E-state index contributed by atoms with van der Waals surface area (Å²) in [7, 11) is 0. The van der Waals surface area contributed by atoms with Crippen LogP contribution in [-0.4, -0.2) is 52.2 Å². The zero-order chi connectivity index (χ0) is 18.5. The average Bonchev–Trinajstić information content (AvgIpc) is 3.18. The van der Waals surface area contributed by atoms with Crippen LogP contribution in [0.25, 0.3) is 0 Å². The van der Waals surface area contributed by atoms with E-state index < -0.39 is 0 Å². The van der Waals surface area contributed by atoms with Crippen LogP contribution in [0.2, 0.25) is 0 Å². The maximum absolute atomic E-state index is 12.9. The first-order valence-corrected chi connectivity index (χ1v) is 9.51. The summed E-state index contributed by atoms with van der Waals surface area (Å²) in [5.74, 6) is -0.278. The molecule has 3 heterocycles. The molecule has 7 nitrogen and oxygen atoms in total. The number of morpholine rings is 1. The van der Waals surface area contributed by atoms with E-state index in [1.807, 2.05) is 18.4 Å². The fourth-order valence-corrected chi connectivity index (χ4v) is 3.60. The van der Waals surface area contributed by atoms with E-state index in [1.165, 1.54) is 28.2 Å². The molecule has 1 saturated heterocycles. The number of aromatic nitrogens is 2. The predicted octanol–water partition coefficient (Wildman–Crippen LogP) is 1.83. The largest absolute Gasteiger partial charge is 0.377 e. The summed E-state index contributed by atoms with van der Waals surface area (Å²) in [5.41, 5.74) is -0.0108. The van der Waals surface area contributed by atoms with Crippen molar-refractivity contribution in [2.75, 3.05) is 19.8 Å². The van der Waals surface area contributed by atoms with Crippen molar-refractivity contribution in [3.63, 3.8) is 0 Å². The Morgan fingerprint density at radius 2 is 2.19 bits per heavy atom. The Labute approximate surface area is 155 Å². The molecule has 1 amide bonds. The molecule has 1 aliphatic rings. The van der Waals surface area contributed by atoms with E-state index in [4.69, 9.17) is 4.74 Å². The molecule has 26 heavy (non-hydrogen) atoms. The lowest BCUT2D eigenvalue weighted by Crippen LogP contribution is -2.50. The third-order valence-corrected chi connectivity index (χ3v) is 5.14. The number of aryl methyl sites for hydroxylation is 1. The van der Waals surface area contributed by atoms with E-state index in [0.29, 0.717) is 31.2 Å². The first-order chi connectivity index (χ1) is 12.6. The van der Waals surface area contributed by atoms with Crippen molar-refractivity contribution in [2.24, 2.45) is 0 Å². The zero-order valence-electron chi connectivity index (χ0n) is 14.6. The van der Waals surface area contributed by atoms with Crippen molar-refractivity contribution >= 4 is 23.0 Å². The highest BCUT2D eigenvalue weighted by Crippen LogP contribution is 2.18. The van der Waals surface area contributed by atoms with Gasteiger partial charge in [0.25, 0.3) is 11.5 Å². The number of nitrogens with zero attached hydrogens (tertiary/aromatic N) is 3. The number of carbonyl (C=O) groups excluding carboxylic acids is 2. The van der Waals surface area contributed by atoms with E-state index in [9.17, 15) is 14.4 Å². The van der Waals surface area contributed by atoms with E-state index in [0.717, 1.165) is 6.42 Å². The maximum atomic E-state index is 12.9. The van der Waals surface area contributed by atoms with Gasteiger partial charge in [0.05, 0.1) is 24.1 Å². The summed E-state index contributed by atoms with van der Waals surface area (Å²) in [6.07, 6.45) is 0.959. The van der Waals surface area contributed by atoms with Crippen molar-refractivity contribution in [2.45, 2.75) is 32.4 Å². The Hall–Kier alpha value is -2.32. The van der Waals surface area contributed by atoms with Gasteiger partial charge < -0.3 is 9.64 Å². The molecule has 0 saturated carbocycles. The Bertz CT molecular complexity index is 831. The van der Waals surface area contributed by atoms with Crippen LogP contribution in [-0.2, 0) is 11.3 Å². The third kappa shape index (κ3) is 4.08. The number of hydrogen-bond acceptors (Lipinski definition) is 6. The summed E-state index contributed by atoms with van der Waals surface area (Å²) in [5, 5.41) is 6.05. The Balaban J connectivity index is 1.78. The minimum atomic E-state index is -0.334. The van der Waals surface area contributed by atoms with Gasteiger partial charge in [-0.2, -0.15) is 5.10 Å². The van der Waals surface area contributed by atoms with Crippen LogP contribution in [0.4, 0.5) is 0 Å². The minimum absolute atomic E-state index is 0.00258. The zero-order valence-corrected chi connectivity index (χ0v) is 15.4. The smallest absolute Gasteiger partial charge is 0.274 e. The highest BCUT2D eigenvalue weighted by atomic mass is 32.1. The van der Waals surface area contributed by atoms with Gasteiger partial charge in [0.1, 0.15) is 5.69 Å².